The standard InChI is InChI=1S/C25H23N3OS2/c1-18(19-11-5-2-6-12-19)17-22-27-28-25(31-22)26-24(29)23(20-13-7-3-8-14-20)30-21-15-9-4-10-16-21/h2-16,18,23H,17H2,1H3,(H,26,28,29). The summed E-state index contributed by atoms with van der Waals surface area (Å²) in [5, 5.41) is 12.6. The van der Waals surface area contributed by atoms with Crippen molar-refractivity contribution in [1.82, 2.24) is 10.2 Å². The normalized spacial score (nSPS) is 12.8. The number of thioether (sulfide) groups is 1. The summed E-state index contributed by atoms with van der Waals surface area (Å²) < 4.78 is 0. The fourth-order valence-electron chi connectivity index (χ4n) is 3.25. The number of carbonyl (C=O) groups excluding carboxylic acids is 1. The molecule has 0 saturated carbocycles. The monoisotopic (exact) mass is 445 g/mol. The van der Waals surface area contributed by atoms with Gasteiger partial charge in [-0.25, -0.2) is 0 Å². The minimum Gasteiger partial charge on any atom is -0.299 e. The quantitative estimate of drug-likeness (QED) is 0.321. The second-order valence-corrected chi connectivity index (χ2v) is 9.47. The lowest BCUT2D eigenvalue weighted by atomic mass is 9.98. The van der Waals surface area contributed by atoms with Crippen LogP contribution in [0.2, 0.25) is 0 Å². The van der Waals surface area contributed by atoms with Crippen molar-refractivity contribution < 1.29 is 4.79 Å². The predicted octanol–water partition coefficient (Wildman–Crippen LogP) is 6.36. The van der Waals surface area contributed by atoms with E-state index in [1.165, 1.54) is 28.7 Å². The Kier molecular flexibility index (Phi) is 7.12. The minimum absolute atomic E-state index is 0.0983. The Labute approximate surface area is 190 Å². The number of amides is 1. The predicted molar refractivity (Wildman–Crippen MR) is 129 cm³/mol. The highest BCUT2D eigenvalue weighted by Gasteiger charge is 2.23. The number of anilines is 1. The minimum atomic E-state index is -0.376. The van der Waals surface area contributed by atoms with Crippen molar-refractivity contribution in [2.45, 2.75) is 29.4 Å². The first-order valence-corrected chi connectivity index (χ1v) is 11.8. The number of nitrogens with one attached hydrogen (secondary N) is 1. The Morgan fingerprint density at radius 2 is 1.45 bits per heavy atom. The fourth-order valence-corrected chi connectivity index (χ4v) is 5.17. The van der Waals surface area contributed by atoms with Crippen LogP contribution in [-0.4, -0.2) is 16.1 Å². The third kappa shape index (κ3) is 5.81. The molecule has 0 radical (unpaired) electrons. The maximum atomic E-state index is 13.2. The summed E-state index contributed by atoms with van der Waals surface area (Å²) in [5.74, 6) is 0.238. The summed E-state index contributed by atoms with van der Waals surface area (Å²) in [7, 11) is 0. The van der Waals surface area contributed by atoms with Gasteiger partial charge in [-0.2, -0.15) is 0 Å². The van der Waals surface area contributed by atoms with E-state index in [0.29, 0.717) is 11.0 Å². The van der Waals surface area contributed by atoms with Crippen molar-refractivity contribution in [3.63, 3.8) is 0 Å². The molecular formula is C25H23N3OS2. The van der Waals surface area contributed by atoms with Crippen LogP contribution in [0.25, 0.3) is 0 Å². The average molecular weight is 446 g/mol. The molecule has 0 aliphatic carbocycles. The molecule has 0 spiro atoms. The highest BCUT2D eigenvalue weighted by molar-refractivity contribution is 8.00. The Hall–Kier alpha value is -2.96. The molecule has 4 rings (SSSR count). The number of hydrogen-bond acceptors (Lipinski definition) is 5. The fraction of sp³-hybridized carbons (Fsp3) is 0.160. The third-order valence-electron chi connectivity index (χ3n) is 4.88. The highest BCUT2D eigenvalue weighted by Crippen LogP contribution is 2.36. The lowest BCUT2D eigenvalue weighted by Gasteiger charge is -2.16. The van der Waals surface area contributed by atoms with E-state index in [-0.39, 0.29) is 11.2 Å². The van der Waals surface area contributed by atoms with Gasteiger partial charge in [0.15, 0.2) is 0 Å². The van der Waals surface area contributed by atoms with Crippen molar-refractivity contribution in [2.24, 2.45) is 0 Å². The molecule has 2 unspecified atom stereocenters. The van der Waals surface area contributed by atoms with Gasteiger partial charge >= 0.3 is 0 Å². The molecule has 31 heavy (non-hydrogen) atoms. The SMILES string of the molecule is CC(Cc1nnc(NC(=O)C(Sc2ccccc2)c2ccccc2)s1)c1ccccc1. The highest BCUT2D eigenvalue weighted by atomic mass is 32.2. The van der Waals surface area contributed by atoms with E-state index in [2.05, 4.69) is 34.6 Å². The Bertz CT molecular complexity index is 1100. The molecule has 4 nitrogen and oxygen atoms in total. The first-order valence-electron chi connectivity index (χ1n) is 10.1. The molecule has 1 aromatic heterocycles. The summed E-state index contributed by atoms with van der Waals surface area (Å²) >= 11 is 2.97. The van der Waals surface area contributed by atoms with E-state index in [4.69, 9.17) is 0 Å². The van der Waals surface area contributed by atoms with E-state index < -0.39 is 0 Å². The lowest BCUT2D eigenvalue weighted by molar-refractivity contribution is -0.115. The zero-order valence-electron chi connectivity index (χ0n) is 17.1. The molecule has 0 saturated heterocycles. The summed E-state index contributed by atoms with van der Waals surface area (Å²) in [6.45, 7) is 2.18. The van der Waals surface area contributed by atoms with E-state index in [0.717, 1.165) is 21.9 Å². The molecule has 0 aliphatic heterocycles. The summed E-state index contributed by atoms with van der Waals surface area (Å²) in [4.78, 5) is 14.2. The number of carbonyl (C=O) groups is 1. The smallest absolute Gasteiger partial charge is 0.244 e. The van der Waals surface area contributed by atoms with Crippen LogP contribution >= 0.6 is 23.1 Å². The zero-order chi connectivity index (χ0) is 21.5. The van der Waals surface area contributed by atoms with Gasteiger partial charge in [-0.15, -0.1) is 22.0 Å². The molecule has 1 N–H and O–H groups in total. The van der Waals surface area contributed by atoms with Gasteiger partial charge < -0.3 is 0 Å². The van der Waals surface area contributed by atoms with E-state index in [1.54, 1.807) is 0 Å². The van der Waals surface area contributed by atoms with Gasteiger partial charge in [-0.05, 0) is 29.2 Å². The molecule has 2 atom stereocenters. The lowest BCUT2D eigenvalue weighted by Crippen LogP contribution is -2.18. The van der Waals surface area contributed by atoms with Crippen LogP contribution in [0.5, 0.6) is 0 Å². The van der Waals surface area contributed by atoms with Crippen LogP contribution < -0.4 is 5.32 Å². The van der Waals surface area contributed by atoms with Crippen molar-refractivity contribution >= 4 is 34.1 Å². The maximum Gasteiger partial charge on any atom is 0.244 e. The molecule has 1 amide bonds. The molecule has 6 heteroatoms. The molecular weight excluding hydrogens is 422 g/mol. The molecule has 0 fully saturated rings. The van der Waals surface area contributed by atoms with E-state index >= 15 is 0 Å². The van der Waals surface area contributed by atoms with Gasteiger partial charge in [0.25, 0.3) is 0 Å². The number of nitrogens with zero attached hydrogens (tertiary/aromatic N) is 2. The molecule has 0 aliphatic rings. The van der Waals surface area contributed by atoms with Crippen LogP contribution in [0.1, 0.15) is 34.2 Å². The molecule has 4 aromatic rings. The Morgan fingerprint density at radius 3 is 2.10 bits per heavy atom. The largest absolute Gasteiger partial charge is 0.299 e. The van der Waals surface area contributed by atoms with Crippen LogP contribution in [0.15, 0.2) is 95.9 Å². The summed E-state index contributed by atoms with van der Waals surface area (Å²) in [5.41, 5.74) is 2.22. The summed E-state index contributed by atoms with van der Waals surface area (Å²) in [6.07, 6.45) is 0.790. The third-order valence-corrected chi connectivity index (χ3v) is 7.01. The molecule has 1 heterocycles. The molecule has 0 bridgehead atoms. The Balaban J connectivity index is 1.46. The first kappa shape index (κ1) is 21.3. The van der Waals surface area contributed by atoms with E-state index in [1.807, 2.05) is 78.9 Å². The van der Waals surface area contributed by atoms with Gasteiger partial charge in [-0.3, -0.25) is 10.1 Å². The van der Waals surface area contributed by atoms with E-state index in [9.17, 15) is 4.79 Å². The van der Waals surface area contributed by atoms with Crippen LogP contribution in [-0.2, 0) is 11.2 Å². The molecule has 3 aromatic carbocycles. The molecule has 156 valence electrons. The van der Waals surface area contributed by atoms with Crippen molar-refractivity contribution in [1.29, 1.82) is 0 Å². The topological polar surface area (TPSA) is 54.9 Å². The van der Waals surface area contributed by atoms with Crippen LogP contribution in [0.4, 0.5) is 5.13 Å². The second kappa shape index (κ2) is 10.4. The van der Waals surface area contributed by atoms with Gasteiger partial charge in [-0.1, -0.05) is 97.1 Å². The van der Waals surface area contributed by atoms with Gasteiger partial charge in [0, 0.05) is 11.3 Å². The van der Waals surface area contributed by atoms with Crippen molar-refractivity contribution in [2.75, 3.05) is 5.32 Å². The van der Waals surface area contributed by atoms with Gasteiger partial charge in [0.1, 0.15) is 10.3 Å². The van der Waals surface area contributed by atoms with Crippen LogP contribution in [0.3, 0.4) is 0 Å². The zero-order valence-corrected chi connectivity index (χ0v) is 18.8. The number of benzene rings is 3. The summed E-state index contributed by atoms with van der Waals surface area (Å²) in [6, 6.07) is 30.1. The number of aromatic nitrogens is 2. The van der Waals surface area contributed by atoms with Gasteiger partial charge in [0.05, 0.1) is 0 Å². The second-order valence-electron chi connectivity index (χ2n) is 7.23. The first-order chi connectivity index (χ1) is 15.2. The van der Waals surface area contributed by atoms with Crippen molar-refractivity contribution in [3.05, 3.63) is 107 Å². The van der Waals surface area contributed by atoms with Crippen molar-refractivity contribution in [3.8, 4) is 0 Å². The maximum absolute atomic E-state index is 13.2. The number of rotatable bonds is 8. The number of hydrogen-bond donors (Lipinski definition) is 1. The van der Waals surface area contributed by atoms with Gasteiger partial charge in [0.2, 0.25) is 11.0 Å². The average Bonchev–Trinajstić information content (AvgIpc) is 3.25. The Morgan fingerprint density at radius 1 is 0.871 bits per heavy atom. The van der Waals surface area contributed by atoms with Crippen LogP contribution in [0, 0.1) is 0 Å².